The van der Waals surface area contributed by atoms with E-state index in [9.17, 15) is 0 Å². The fraction of sp³-hybridized carbons (Fsp3) is 0.326. The molecule has 0 fully saturated rings. The molecule has 0 aromatic heterocycles. The van der Waals surface area contributed by atoms with Crippen LogP contribution in [0.1, 0.15) is 114 Å². The van der Waals surface area contributed by atoms with Gasteiger partial charge in [0, 0.05) is 0 Å². The number of rotatable bonds is 5. The fourth-order valence-electron chi connectivity index (χ4n) is 7.07. The summed E-state index contributed by atoms with van der Waals surface area (Å²) in [5, 5.41) is 2.78. The van der Waals surface area contributed by atoms with Crippen molar-refractivity contribution in [3.8, 4) is 22.3 Å². The predicted molar refractivity (Wildman–Crippen MR) is 188 cm³/mol. The zero-order valence-corrected chi connectivity index (χ0v) is 32.8. The van der Waals surface area contributed by atoms with Crippen LogP contribution in [0.4, 0.5) is 0 Å². The number of hydrogen-bond acceptors (Lipinski definition) is 0. The van der Waals surface area contributed by atoms with Crippen molar-refractivity contribution in [1.29, 1.82) is 0 Å². The van der Waals surface area contributed by atoms with E-state index in [1.54, 1.807) is 0 Å². The summed E-state index contributed by atoms with van der Waals surface area (Å²) in [6.07, 6.45) is 3.55. The molecule has 46 heavy (non-hydrogen) atoms. The first kappa shape index (κ1) is 38.1. The predicted octanol–water partition coefficient (Wildman–Crippen LogP) is 6.56. The zero-order chi connectivity index (χ0) is 30.7. The summed E-state index contributed by atoms with van der Waals surface area (Å²) in [6.45, 7) is 20.8. The number of benzene rings is 4. The van der Waals surface area contributed by atoms with Gasteiger partial charge in [0.1, 0.15) is 0 Å². The maximum Gasteiger partial charge on any atom is 3.00 e. The molecule has 0 heterocycles. The molecule has 1 unspecified atom stereocenters. The van der Waals surface area contributed by atoms with Crippen LogP contribution in [-0.4, -0.2) is 0 Å². The van der Waals surface area contributed by atoms with Crippen LogP contribution in [0.15, 0.2) is 96.6 Å². The van der Waals surface area contributed by atoms with Crippen molar-refractivity contribution < 1.29 is 51.0 Å². The van der Waals surface area contributed by atoms with Gasteiger partial charge in [-0.1, -0.05) is 152 Å². The van der Waals surface area contributed by atoms with Crippen LogP contribution in [0.3, 0.4) is 0 Å². The fourth-order valence-corrected chi connectivity index (χ4v) is 7.07. The van der Waals surface area contributed by atoms with E-state index < -0.39 is 0 Å². The first-order valence-corrected chi connectivity index (χ1v) is 16.2. The molecule has 1 radical (unpaired) electrons. The average Bonchev–Trinajstić information content (AvgIpc) is 3.54. The van der Waals surface area contributed by atoms with Crippen LogP contribution in [0.2, 0.25) is 0 Å². The van der Waals surface area contributed by atoms with E-state index in [2.05, 4.69) is 159 Å². The molecule has 1 atom stereocenters. The Bertz CT molecular complexity index is 1820. The molecular weight excluding hydrogens is 679 g/mol. The van der Waals surface area contributed by atoms with Crippen LogP contribution in [0.5, 0.6) is 0 Å². The van der Waals surface area contributed by atoms with Gasteiger partial charge in [-0.3, -0.25) is 0 Å². The summed E-state index contributed by atoms with van der Waals surface area (Å²) < 4.78 is 0. The van der Waals surface area contributed by atoms with Gasteiger partial charge in [0.2, 0.25) is 0 Å². The Morgan fingerprint density at radius 3 is 1.67 bits per heavy atom. The molecule has 5 aromatic carbocycles. The van der Waals surface area contributed by atoms with Crippen molar-refractivity contribution in [2.75, 3.05) is 0 Å². The summed E-state index contributed by atoms with van der Waals surface area (Å²) >= 11 is 0. The normalized spacial score (nSPS) is 14.3. The van der Waals surface area contributed by atoms with E-state index in [-0.39, 0.29) is 67.8 Å². The van der Waals surface area contributed by atoms with Crippen LogP contribution >= 0.6 is 0 Å². The van der Waals surface area contributed by atoms with Gasteiger partial charge in [0.05, 0.1) is 0 Å². The van der Waals surface area contributed by atoms with Crippen LogP contribution in [0.25, 0.3) is 39.1 Å². The standard InChI is InChI=1S/C43H47.2ClH.Zr/c1-10-28-25-38-34(29-17-21-32(22-18-29)42(4,5)6)14-12-16-36(38)39(28)41-37(27(2)3)26-31-13-11-15-35(40(31)41)30-19-23-33(24-20-30)43(7,8)9;;;/h11-27,39H,10H2,1-9H3;2*1H;/q-1;;;+3/p-2. The third-order valence-electron chi connectivity index (χ3n) is 9.58. The second-order valence-electron chi connectivity index (χ2n) is 14.9. The molecule has 0 amide bonds. The van der Waals surface area contributed by atoms with Gasteiger partial charge in [-0.25, -0.2) is 0 Å². The Morgan fingerprint density at radius 1 is 0.674 bits per heavy atom. The Kier molecular flexibility index (Phi) is 12.0. The van der Waals surface area contributed by atoms with E-state index in [1.165, 1.54) is 72.0 Å². The molecule has 5 aromatic rings. The van der Waals surface area contributed by atoms with Crippen molar-refractivity contribution in [2.24, 2.45) is 0 Å². The van der Waals surface area contributed by atoms with Crippen molar-refractivity contribution in [1.82, 2.24) is 0 Å². The minimum atomic E-state index is 0. The first-order valence-electron chi connectivity index (χ1n) is 16.2. The second-order valence-corrected chi connectivity index (χ2v) is 14.9. The molecule has 0 spiro atoms. The van der Waals surface area contributed by atoms with Crippen LogP contribution in [0, 0.1) is 0 Å². The molecule has 3 heteroatoms. The number of halogens is 2. The van der Waals surface area contributed by atoms with Gasteiger partial charge >= 0.3 is 26.2 Å². The molecule has 1 aliphatic rings. The Morgan fingerprint density at radius 2 is 1.17 bits per heavy atom. The van der Waals surface area contributed by atoms with Gasteiger partial charge in [-0.2, -0.15) is 0 Å². The summed E-state index contributed by atoms with van der Waals surface area (Å²) in [4.78, 5) is 0. The minimum Gasteiger partial charge on any atom is -1.00 e. The molecule has 0 N–H and O–H groups in total. The summed E-state index contributed by atoms with van der Waals surface area (Å²) in [5.74, 6) is 0.701. The van der Waals surface area contributed by atoms with E-state index >= 15 is 0 Å². The van der Waals surface area contributed by atoms with Gasteiger partial charge in [0.15, 0.2) is 0 Å². The molecule has 6 rings (SSSR count). The molecule has 0 aliphatic heterocycles. The zero-order valence-electron chi connectivity index (χ0n) is 28.9. The van der Waals surface area contributed by atoms with Crippen molar-refractivity contribution >= 4 is 16.8 Å². The quantitative estimate of drug-likeness (QED) is 0.180. The van der Waals surface area contributed by atoms with E-state index in [0.717, 1.165) is 6.42 Å². The molecule has 1 aliphatic carbocycles. The maximum atomic E-state index is 2.51. The van der Waals surface area contributed by atoms with Crippen molar-refractivity contribution in [3.63, 3.8) is 0 Å². The smallest absolute Gasteiger partial charge is 1.00 e. The van der Waals surface area contributed by atoms with E-state index in [0.29, 0.717) is 5.92 Å². The molecule has 237 valence electrons. The summed E-state index contributed by atoms with van der Waals surface area (Å²) in [7, 11) is 0. The summed E-state index contributed by atoms with van der Waals surface area (Å²) in [6, 6.07) is 34.9. The largest absolute Gasteiger partial charge is 3.00 e. The molecule has 0 saturated carbocycles. The maximum absolute atomic E-state index is 2.51. The Labute approximate surface area is 309 Å². The Balaban J connectivity index is 0.00000192. The minimum absolute atomic E-state index is 0. The number of hydrogen-bond donors (Lipinski definition) is 0. The second kappa shape index (κ2) is 14.4. The van der Waals surface area contributed by atoms with Crippen molar-refractivity contribution in [2.45, 2.75) is 91.4 Å². The van der Waals surface area contributed by atoms with Gasteiger partial charge < -0.3 is 24.8 Å². The molecule has 0 saturated heterocycles. The number of allylic oxidation sites excluding steroid dienone is 1. The molecule has 0 bridgehead atoms. The van der Waals surface area contributed by atoms with E-state index in [1.807, 2.05) is 0 Å². The van der Waals surface area contributed by atoms with Gasteiger partial charge in [-0.05, 0) is 68.0 Å². The van der Waals surface area contributed by atoms with Crippen LogP contribution in [-0.2, 0) is 37.0 Å². The number of fused-ring (bicyclic) bond motifs is 2. The van der Waals surface area contributed by atoms with E-state index in [4.69, 9.17) is 0 Å². The topological polar surface area (TPSA) is 0 Å². The summed E-state index contributed by atoms with van der Waals surface area (Å²) in [5.41, 5.74) is 15.7. The van der Waals surface area contributed by atoms with Crippen LogP contribution < -0.4 is 24.8 Å². The van der Waals surface area contributed by atoms with Crippen molar-refractivity contribution in [3.05, 3.63) is 130 Å². The third-order valence-corrected chi connectivity index (χ3v) is 9.58. The average molecular weight is 726 g/mol. The van der Waals surface area contributed by atoms with Gasteiger partial charge in [0.25, 0.3) is 0 Å². The third kappa shape index (κ3) is 6.95. The SMILES string of the molecule is CCC1=Cc2c(-c3ccc(C(C)(C)C)cc3)cccc2C1c1c(C(C)C)[cH-]c2cccc(-c3ccc(C(C)(C)C)cc3)c12.[Cl-].[Cl-].[Zr+3]. The Hall–Kier alpha value is -2.31. The molecule has 0 nitrogen and oxygen atoms in total. The monoisotopic (exact) mass is 723 g/mol. The van der Waals surface area contributed by atoms with Gasteiger partial charge in [-0.15, -0.1) is 40.1 Å². The molecular formula is C43H47Cl2Zr. The first-order chi connectivity index (χ1) is 20.4.